The van der Waals surface area contributed by atoms with E-state index in [9.17, 15) is 4.79 Å². The minimum Gasteiger partial charge on any atom is -0.370 e. The lowest BCUT2D eigenvalue weighted by atomic mass is 10.0. The van der Waals surface area contributed by atoms with Crippen LogP contribution in [-0.4, -0.2) is 50.2 Å². The van der Waals surface area contributed by atoms with Crippen LogP contribution >= 0.6 is 0 Å². The molecule has 0 bridgehead atoms. The van der Waals surface area contributed by atoms with E-state index in [0.717, 1.165) is 26.2 Å². The first-order valence-electron chi connectivity index (χ1n) is 4.42. The van der Waals surface area contributed by atoms with Crippen LogP contribution in [0.3, 0.4) is 0 Å². The van der Waals surface area contributed by atoms with Crippen molar-refractivity contribution in [3.05, 3.63) is 0 Å². The topological polar surface area (TPSA) is 41.6 Å². The van der Waals surface area contributed by atoms with Gasteiger partial charge in [-0.25, -0.2) is 0 Å². The lowest BCUT2D eigenvalue weighted by Gasteiger charge is -2.34. The molecule has 0 unspecified atom stereocenters. The Balaban J connectivity index is 1.80. The van der Waals surface area contributed by atoms with Crippen LogP contribution < -0.4 is 5.32 Å². The maximum Gasteiger partial charge on any atom is 0.248 e. The number of carbonyl (C=O) groups excluding carboxylic acids is 1. The summed E-state index contributed by atoms with van der Waals surface area (Å²) >= 11 is 0. The first-order valence-corrected chi connectivity index (χ1v) is 4.42. The Labute approximate surface area is 71.9 Å². The third-order valence-corrected chi connectivity index (χ3v) is 2.43. The molecular weight excluding hydrogens is 156 g/mol. The van der Waals surface area contributed by atoms with Crippen molar-refractivity contribution < 1.29 is 9.53 Å². The second-order valence-corrected chi connectivity index (χ2v) is 3.42. The molecule has 0 spiro atoms. The quantitative estimate of drug-likeness (QED) is 0.582. The molecule has 2 fully saturated rings. The average Bonchev–Trinajstić information content (AvgIpc) is 2.00. The Hall–Kier alpha value is -0.610. The fourth-order valence-electron chi connectivity index (χ4n) is 1.53. The number of morpholine rings is 1. The van der Waals surface area contributed by atoms with Crippen molar-refractivity contribution in [1.29, 1.82) is 0 Å². The van der Waals surface area contributed by atoms with Crippen LogP contribution in [0.4, 0.5) is 0 Å². The van der Waals surface area contributed by atoms with Gasteiger partial charge < -0.3 is 15.0 Å². The van der Waals surface area contributed by atoms with E-state index >= 15 is 0 Å². The summed E-state index contributed by atoms with van der Waals surface area (Å²) in [4.78, 5) is 13.2. The standard InChI is InChI=1S/C8H14N2O2/c11-8-6-12-2-1-10(8)5-7-3-9-4-7/h7,9H,1-6H2. The first-order chi connectivity index (χ1) is 5.86. The minimum atomic E-state index is 0.146. The second-order valence-electron chi connectivity index (χ2n) is 3.42. The highest BCUT2D eigenvalue weighted by Gasteiger charge is 2.24. The van der Waals surface area contributed by atoms with Crippen molar-refractivity contribution in [2.45, 2.75) is 0 Å². The fourth-order valence-corrected chi connectivity index (χ4v) is 1.53. The number of hydrogen-bond acceptors (Lipinski definition) is 3. The van der Waals surface area contributed by atoms with Gasteiger partial charge in [-0.2, -0.15) is 0 Å². The van der Waals surface area contributed by atoms with Crippen molar-refractivity contribution in [2.75, 3.05) is 39.4 Å². The summed E-state index contributed by atoms with van der Waals surface area (Å²) in [6.07, 6.45) is 0. The lowest BCUT2D eigenvalue weighted by Crippen LogP contribution is -2.52. The van der Waals surface area contributed by atoms with Crippen LogP contribution in [0, 0.1) is 5.92 Å². The van der Waals surface area contributed by atoms with Crippen LogP contribution in [0.25, 0.3) is 0 Å². The summed E-state index contributed by atoms with van der Waals surface area (Å²) in [7, 11) is 0. The van der Waals surface area contributed by atoms with Gasteiger partial charge in [0.15, 0.2) is 0 Å². The highest BCUT2D eigenvalue weighted by Crippen LogP contribution is 2.08. The van der Waals surface area contributed by atoms with Gasteiger partial charge in [-0.05, 0) is 0 Å². The predicted octanol–water partition coefficient (Wildman–Crippen LogP) is -0.935. The number of nitrogens with zero attached hydrogens (tertiary/aromatic N) is 1. The van der Waals surface area contributed by atoms with E-state index < -0.39 is 0 Å². The zero-order valence-corrected chi connectivity index (χ0v) is 7.08. The van der Waals surface area contributed by atoms with E-state index in [4.69, 9.17) is 4.74 Å². The molecule has 2 heterocycles. The Morgan fingerprint density at radius 3 is 3.00 bits per heavy atom. The number of amides is 1. The Kier molecular flexibility index (Phi) is 2.28. The molecule has 0 radical (unpaired) electrons. The molecule has 12 heavy (non-hydrogen) atoms. The average molecular weight is 170 g/mol. The molecule has 2 saturated heterocycles. The number of nitrogens with one attached hydrogen (secondary N) is 1. The van der Waals surface area contributed by atoms with Crippen LogP contribution in [-0.2, 0) is 9.53 Å². The maximum absolute atomic E-state index is 11.3. The van der Waals surface area contributed by atoms with Gasteiger partial charge in [-0.3, -0.25) is 4.79 Å². The second kappa shape index (κ2) is 3.41. The molecule has 4 nitrogen and oxygen atoms in total. The van der Waals surface area contributed by atoms with Crippen LogP contribution in [0.1, 0.15) is 0 Å². The third kappa shape index (κ3) is 1.59. The van der Waals surface area contributed by atoms with Crippen molar-refractivity contribution in [3.63, 3.8) is 0 Å². The summed E-state index contributed by atoms with van der Waals surface area (Å²) in [6, 6.07) is 0. The SMILES string of the molecule is O=C1COCCN1CC1CNC1. The number of ether oxygens (including phenoxy) is 1. The zero-order valence-electron chi connectivity index (χ0n) is 7.08. The largest absolute Gasteiger partial charge is 0.370 e. The molecule has 0 aromatic rings. The van der Waals surface area contributed by atoms with Gasteiger partial charge in [-0.15, -0.1) is 0 Å². The molecule has 0 aromatic carbocycles. The Morgan fingerprint density at radius 1 is 1.58 bits per heavy atom. The van der Waals surface area contributed by atoms with Crippen LogP contribution in [0.15, 0.2) is 0 Å². The predicted molar refractivity (Wildman–Crippen MR) is 43.8 cm³/mol. The molecular formula is C8H14N2O2. The van der Waals surface area contributed by atoms with E-state index in [1.165, 1.54) is 0 Å². The molecule has 0 saturated carbocycles. The third-order valence-electron chi connectivity index (χ3n) is 2.43. The van der Waals surface area contributed by atoms with Gasteiger partial charge >= 0.3 is 0 Å². The Morgan fingerprint density at radius 2 is 2.42 bits per heavy atom. The molecule has 0 atom stereocenters. The summed E-state index contributed by atoms with van der Waals surface area (Å²) in [5, 5.41) is 3.20. The van der Waals surface area contributed by atoms with E-state index in [1.54, 1.807) is 0 Å². The summed E-state index contributed by atoms with van der Waals surface area (Å²) in [5.41, 5.74) is 0. The van der Waals surface area contributed by atoms with Crippen LogP contribution in [0.5, 0.6) is 0 Å². The fraction of sp³-hybridized carbons (Fsp3) is 0.875. The molecule has 1 N–H and O–H groups in total. The number of hydrogen-bond donors (Lipinski definition) is 1. The summed E-state index contributed by atoms with van der Waals surface area (Å²) in [6.45, 7) is 4.78. The maximum atomic E-state index is 11.3. The van der Waals surface area contributed by atoms with Crippen molar-refractivity contribution in [3.8, 4) is 0 Å². The minimum absolute atomic E-state index is 0.146. The smallest absolute Gasteiger partial charge is 0.248 e. The zero-order chi connectivity index (χ0) is 8.39. The molecule has 68 valence electrons. The first kappa shape index (κ1) is 8.01. The molecule has 0 aliphatic carbocycles. The Bertz CT molecular complexity index is 180. The van der Waals surface area contributed by atoms with E-state index in [1.807, 2.05) is 4.90 Å². The summed E-state index contributed by atoms with van der Waals surface area (Å²) in [5.74, 6) is 0.820. The molecule has 2 aliphatic heterocycles. The summed E-state index contributed by atoms with van der Waals surface area (Å²) < 4.78 is 5.04. The van der Waals surface area contributed by atoms with Gasteiger partial charge in [0.05, 0.1) is 6.61 Å². The normalized spacial score (nSPS) is 25.7. The molecule has 2 aliphatic rings. The van der Waals surface area contributed by atoms with Gasteiger partial charge in [-0.1, -0.05) is 0 Å². The highest BCUT2D eigenvalue weighted by atomic mass is 16.5. The molecule has 4 heteroatoms. The van der Waals surface area contributed by atoms with Crippen molar-refractivity contribution in [1.82, 2.24) is 10.2 Å². The van der Waals surface area contributed by atoms with E-state index in [0.29, 0.717) is 12.5 Å². The molecule has 1 amide bonds. The monoisotopic (exact) mass is 170 g/mol. The number of rotatable bonds is 2. The van der Waals surface area contributed by atoms with Crippen LogP contribution in [0.2, 0.25) is 0 Å². The van der Waals surface area contributed by atoms with Gasteiger partial charge in [0.1, 0.15) is 6.61 Å². The van der Waals surface area contributed by atoms with Gasteiger partial charge in [0.25, 0.3) is 0 Å². The van der Waals surface area contributed by atoms with E-state index in [-0.39, 0.29) is 12.5 Å². The lowest BCUT2D eigenvalue weighted by molar-refractivity contribution is -0.143. The van der Waals surface area contributed by atoms with Gasteiger partial charge in [0, 0.05) is 32.1 Å². The van der Waals surface area contributed by atoms with Crippen molar-refractivity contribution in [2.24, 2.45) is 5.92 Å². The van der Waals surface area contributed by atoms with E-state index in [2.05, 4.69) is 5.32 Å². The molecule has 0 aromatic heterocycles. The van der Waals surface area contributed by atoms with Crippen molar-refractivity contribution >= 4 is 5.91 Å². The van der Waals surface area contributed by atoms with Gasteiger partial charge in [0.2, 0.25) is 5.91 Å². The highest BCUT2D eigenvalue weighted by molar-refractivity contribution is 5.78. The molecule has 2 rings (SSSR count). The number of carbonyl (C=O) groups is 1.